The molecule has 184 valence electrons. The van der Waals surface area contributed by atoms with Crippen LogP contribution in [0.3, 0.4) is 0 Å². The molecule has 4 aromatic rings. The number of aromatic nitrogens is 2. The summed E-state index contributed by atoms with van der Waals surface area (Å²) in [6.07, 6.45) is 0. The number of benzene rings is 3. The summed E-state index contributed by atoms with van der Waals surface area (Å²) in [5, 5.41) is 12.4. The van der Waals surface area contributed by atoms with Crippen LogP contribution in [0.4, 0.5) is 5.69 Å². The molecule has 7 heteroatoms. The summed E-state index contributed by atoms with van der Waals surface area (Å²) in [6, 6.07) is 21.6. The molecule has 3 heterocycles. The number of nitrogens with one attached hydrogen (secondary N) is 2. The number of H-pyrrole nitrogens is 1. The number of amides is 1. The first-order valence-electron chi connectivity index (χ1n) is 12.4. The summed E-state index contributed by atoms with van der Waals surface area (Å²) in [4.78, 5) is 15.7. The lowest BCUT2D eigenvalue weighted by Gasteiger charge is -2.56. The molecule has 0 aliphatic carbocycles. The maximum absolute atomic E-state index is 13.3. The highest BCUT2D eigenvalue weighted by molar-refractivity contribution is 6.31. The number of carbonyl (C=O) groups excluding carboxylic acids is 1. The van der Waals surface area contributed by atoms with E-state index < -0.39 is 0 Å². The molecule has 2 aliphatic heterocycles. The first-order valence-corrected chi connectivity index (χ1v) is 12.8. The summed E-state index contributed by atoms with van der Waals surface area (Å²) in [6.45, 7) is 8.04. The number of hydrogen-bond donors (Lipinski definition) is 2. The van der Waals surface area contributed by atoms with Crippen molar-refractivity contribution in [2.24, 2.45) is 11.3 Å². The fourth-order valence-electron chi connectivity index (χ4n) is 5.28. The van der Waals surface area contributed by atoms with Gasteiger partial charge in [0.15, 0.2) is 0 Å². The summed E-state index contributed by atoms with van der Waals surface area (Å²) in [5.74, 6) is 0.0448. The van der Waals surface area contributed by atoms with E-state index in [0.717, 1.165) is 54.0 Å². The van der Waals surface area contributed by atoms with Gasteiger partial charge in [-0.05, 0) is 47.9 Å². The van der Waals surface area contributed by atoms with Crippen LogP contribution in [0.25, 0.3) is 22.2 Å². The standard InChI is InChI=1S/C29H29ClN4O2/c1-18(2)26(22-5-3-4-6-24(22)30)31-28(35)20-9-12-25-23(13-20)27(33-32-25)19-7-10-21(11-8-19)34-14-29(15-34)16-36-17-29/h3-13,18,26H,14-17H2,1-2H3,(H,31,35)(H,32,33)/t26-/m0/s1. The van der Waals surface area contributed by atoms with E-state index in [9.17, 15) is 4.79 Å². The van der Waals surface area contributed by atoms with Gasteiger partial charge in [0.1, 0.15) is 0 Å². The van der Waals surface area contributed by atoms with Gasteiger partial charge in [-0.25, -0.2) is 0 Å². The quantitative estimate of drug-likeness (QED) is 0.348. The first-order chi connectivity index (χ1) is 17.4. The van der Waals surface area contributed by atoms with Crippen molar-refractivity contribution in [3.8, 4) is 11.3 Å². The number of carbonyl (C=O) groups is 1. The molecule has 1 spiro atoms. The van der Waals surface area contributed by atoms with Crippen molar-refractivity contribution in [2.75, 3.05) is 31.2 Å². The Balaban J connectivity index is 1.23. The van der Waals surface area contributed by atoms with Crippen LogP contribution < -0.4 is 10.2 Å². The van der Waals surface area contributed by atoms with Gasteiger partial charge in [0.25, 0.3) is 5.91 Å². The van der Waals surface area contributed by atoms with Crippen molar-refractivity contribution < 1.29 is 9.53 Å². The predicted molar refractivity (Wildman–Crippen MR) is 143 cm³/mol. The molecule has 3 aromatic carbocycles. The minimum Gasteiger partial charge on any atom is -0.380 e. The van der Waals surface area contributed by atoms with Gasteiger partial charge in [0.05, 0.1) is 35.9 Å². The Morgan fingerprint density at radius 2 is 1.83 bits per heavy atom. The van der Waals surface area contributed by atoms with E-state index in [1.807, 2.05) is 42.5 Å². The third-order valence-corrected chi connectivity index (χ3v) is 7.74. The van der Waals surface area contributed by atoms with Crippen molar-refractivity contribution in [3.05, 3.63) is 82.9 Å². The van der Waals surface area contributed by atoms with Crippen LogP contribution in [0, 0.1) is 11.3 Å². The maximum Gasteiger partial charge on any atom is 0.251 e. The van der Waals surface area contributed by atoms with Gasteiger partial charge in [-0.15, -0.1) is 0 Å². The molecule has 0 unspecified atom stereocenters. The number of hydrogen-bond acceptors (Lipinski definition) is 4. The van der Waals surface area contributed by atoms with E-state index >= 15 is 0 Å². The van der Waals surface area contributed by atoms with Crippen LogP contribution in [0.1, 0.15) is 35.8 Å². The monoisotopic (exact) mass is 500 g/mol. The number of ether oxygens (including phenoxy) is 1. The minimum absolute atomic E-state index is 0.135. The average Bonchev–Trinajstić information content (AvgIpc) is 3.25. The number of fused-ring (bicyclic) bond motifs is 1. The highest BCUT2D eigenvalue weighted by atomic mass is 35.5. The number of nitrogens with zero attached hydrogens (tertiary/aromatic N) is 2. The molecule has 1 aromatic heterocycles. The van der Waals surface area contributed by atoms with Crippen molar-refractivity contribution >= 4 is 34.1 Å². The van der Waals surface area contributed by atoms with Gasteiger partial charge in [-0.1, -0.05) is 55.8 Å². The van der Waals surface area contributed by atoms with Gasteiger partial charge in [-0.2, -0.15) is 5.10 Å². The Morgan fingerprint density at radius 1 is 1.08 bits per heavy atom. The smallest absolute Gasteiger partial charge is 0.251 e. The zero-order valence-corrected chi connectivity index (χ0v) is 21.2. The van der Waals surface area contributed by atoms with Gasteiger partial charge >= 0.3 is 0 Å². The lowest BCUT2D eigenvalue weighted by atomic mass is 9.78. The Kier molecular flexibility index (Phi) is 5.73. The van der Waals surface area contributed by atoms with Crippen LogP contribution in [-0.2, 0) is 4.74 Å². The average molecular weight is 501 g/mol. The first kappa shape index (κ1) is 23.1. The van der Waals surface area contributed by atoms with E-state index in [1.54, 1.807) is 0 Å². The van der Waals surface area contributed by atoms with Crippen molar-refractivity contribution in [3.63, 3.8) is 0 Å². The lowest BCUT2D eigenvalue weighted by Crippen LogP contribution is -2.66. The van der Waals surface area contributed by atoms with Gasteiger partial charge in [0, 0.05) is 40.3 Å². The molecule has 2 saturated heterocycles. The van der Waals surface area contributed by atoms with E-state index in [0.29, 0.717) is 16.0 Å². The van der Waals surface area contributed by atoms with Crippen LogP contribution in [-0.4, -0.2) is 42.4 Å². The molecule has 0 bridgehead atoms. The zero-order chi connectivity index (χ0) is 24.9. The highest BCUT2D eigenvalue weighted by Crippen LogP contribution is 2.40. The Morgan fingerprint density at radius 3 is 2.50 bits per heavy atom. The summed E-state index contributed by atoms with van der Waals surface area (Å²) < 4.78 is 5.39. The summed E-state index contributed by atoms with van der Waals surface area (Å²) >= 11 is 6.44. The fraction of sp³-hybridized carbons (Fsp3) is 0.310. The Labute approximate surface area is 215 Å². The zero-order valence-electron chi connectivity index (χ0n) is 20.4. The second-order valence-electron chi connectivity index (χ2n) is 10.4. The maximum atomic E-state index is 13.3. The number of aromatic amines is 1. The Hall–Kier alpha value is -3.35. The molecule has 2 fully saturated rings. The number of rotatable bonds is 6. The van der Waals surface area contributed by atoms with Crippen molar-refractivity contribution in [1.29, 1.82) is 0 Å². The SMILES string of the molecule is CC(C)[C@H](NC(=O)c1ccc2[nH]nc(-c3ccc(N4CC5(COC5)C4)cc3)c2c1)c1ccccc1Cl. The van der Waals surface area contributed by atoms with E-state index in [-0.39, 0.29) is 17.9 Å². The Bertz CT molecular complexity index is 1420. The van der Waals surface area contributed by atoms with Gasteiger partial charge in [-0.3, -0.25) is 9.89 Å². The second kappa shape index (κ2) is 8.95. The van der Waals surface area contributed by atoms with Crippen molar-refractivity contribution in [2.45, 2.75) is 19.9 Å². The molecule has 1 atom stereocenters. The highest BCUT2D eigenvalue weighted by Gasteiger charge is 2.49. The molecule has 36 heavy (non-hydrogen) atoms. The molecule has 2 N–H and O–H groups in total. The van der Waals surface area contributed by atoms with Crippen LogP contribution in [0.15, 0.2) is 66.7 Å². The summed E-state index contributed by atoms with van der Waals surface area (Å²) in [5.41, 5.74) is 5.86. The molecule has 2 aliphatic rings. The van der Waals surface area contributed by atoms with Crippen LogP contribution in [0.5, 0.6) is 0 Å². The number of anilines is 1. The minimum atomic E-state index is -0.189. The molecular weight excluding hydrogens is 472 g/mol. The predicted octanol–water partition coefficient (Wildman–Crippen LogP) is 5.85. The normalized spacial score (nSPS) is 17.2. The largest absolute Gasteiger partial charge is 0.380 e. The molecular formula is C29H29ClN4O2. The van der Waals surface area contributed by atoms with Crippen LogP contribution in [0.2, 0.25) is 5.02 Å². The van der Waals surface area contributed by atoms with Gasteiger partial charge in [0.2, 0.25) is 0 Å². The summed E-state index contributed by atoms with van der Waals surface area (Å²) in [7, 11) is 0. The van der Waals surface area contributed by atoms with Gasteiger partial charge < -0.3 is 15.0 Å². The second-order valence-corrected chi connectivity index (χ2v) is 10.9. The van der Waals surface area contributed by atoms with Crippen molar-refractivity contribution in [1.82, 2.24) is 15.5 Å². The number of halogens is 1. The van der Waals surface area contributed by atoms with E-state index in [4.69, 9.17) is 16.3 Å². The molecule has 0 radical (unpaired) electrons. The van der Waals surface area contributed by atoms with E-state index in [2.05, 4.69) is 58.5 Å². The molecule has 6 nitrogen and oxygen atoms in total. The molecule has 0 saturated carbocycles. The third kappa shape index (κ3) is 4.04. The molecule has 6 rings (SSSR count). The van der Waals surface area contributed by atoms with Crippen LogP contribution >= 0.6 is 11.6 Å². The molecule has 1 amide bonds. The fourth-order valence-corrected chi connectivity index (χ4v) is 5.53. The van der Waals surface area contributed by atoms with E-state index in [1.165, 1.54) is 5.69 Å². The topological polar surface area (TPSA) is 70.2 Å². The lowest BCUT2D eigenvalue weighted by molar-refractivity contribution is -0.127. The third-order valence-electron chi connectivity index (χ3n) is 7.39.